The summed E-state index contributed by atoms with van der Waals surface area (Å²) < 4.78 is 0. The molecule has 29 heavy (non-hydrogen) atoms. The molecule has 0 aliphatic heterocycles. The summed E-state index contributed by atoms with van der Waals surface area (Å²) in [5.74, 6) is 2.40. The Kier molecular flexibility index (Phi) is 6.18. The highest BCUT2D eigenvalue weighted by molar-refractivity contribution is 5.40. The lowest BCUT2D eigenvalue weighted by molar-refractivity contribution is 0.0238. The highest BCUT2D eigenvalue weighted by atomic mass is 16.3. The molecule has 0 radical (unpaired) electrons. The van der Waals surface area contributed by atoms with E-state index in [1.54, 1.807) is 0 Å². The highest BCUT2D eigenvalue weighted by Crippen LogP contribution is 2.58. The van der Waals surface area contributed by atoms with Crippen molar-refractivity contribution in [2.45, 2.75) is 77.0 Å². The zero-order valence-corrected chi connectivity index (χ0v) is 17.8. The van der Waals surface area contributed by atoms with Gasteiger partial charge >= 0.3 is 0 Å². The van der Waals surface area contributed by atoms with Crippen molar-refractivity contribution < 1.29 is 10.2 Å². The van der Waals surface area contributed by atoms with Crippen LogP contribution in [0.3, 0.4) is 0 Å². The number of benzene rings is 2. The Hall–Kier alpha value is -1.96. The van der Waals surface area contributed by atoms with E-state index in [1.807, 2.05) is 24.3 Å². The Morgan fingerprint density at radius 1 is 0.621 bits per heavy atom. The molecule has 2 N–H and O–H groups in total. The minimum atomic E-state index is 0.189. The number of hydrogen-bond acceptors (Lipinski definition) is 2. The molecular formula is C27H36O2. The van der Waals surface area contributed by atoms with Gasteiger partial charge in [0.2, 0.25) is 0 Å². The van der Waals surface area contributed by atoms with E-state index >= 15 is 0 Å². The second-order valence-corrected chi connectivity index (χ2v) is 9.65. The zero-order valence-electron chi connectivity index (χ0n) is 17.8. The first-order valence-electron chi connectivity index (χ1n) is 11.7. The minimum absolute atomic E-state index is 0.189. The van der Waals surface area contributed by atoms with Crippen LogP contribution in [0.4, 0.5) is 0 Å². The van der Waals surface area contributed by atoms with Crippen molar-refractivity contribution in [3.63, 3.8) is 0 Å². The molecular weight excluding hydrogens is 356 g/mol. The van der Waals surface area contributed by atoms with Crippen molar-refractivity contribution in [2.75, 3.05) is 0 Å². The predicted molar refractivity (Wildman–Crippen MR) is 119 cm³/mol. The SMILES string of the molecule is CC(C1CCCCC1)(C1CCCCC1)C(c1ccc(O)cc1)c1ccc(O)cc1. The Morgan fingerprint density at radius 3 is 1.31 bits per heavy atom. The number of hydrogen-bond donors (Lipinski definition) is 2. The Labute approximate surface area is 176 Å². The van der Waals surface area contributed by atoms with E-state index in [0.717, 1.165) is 11.8 Å². The van der Waals surface area contributed by atoms with Crippen LogP contribution in [0.2, 0.25) is 0 Å². The summed E-state index contributed by atoms with van der Waals surface area (Å²) in [4.78, 5) is 0. The third-order valence-corrected chi connectivity index (χ3v) is 8.04. The van der Waals surface area contributed by atoms with Gasteiger partial charge in [-0.2, -0.15) is 0 Å². The third kappa shape index (κ3) is 4.17. The van der Waals surface area contributed by atoms with Crippen LogP contribution < -0.4 is 0 Å². The van der Waals surface area contributed by atoms with Crippen LogP contribution in [0.15, 0.2) is 48.5 Å². The molecule has 0 unspecified atom stereocenters. The van der Waals surface area contributed by atoms with Gasteiger partial charge in [0.25, 0.3) is 0 Å². The first kappa shape index (κ1) is 20.3. The fourth-order valence-corrected chi connectivity index (χ4v) is 6.50. The summed E-state index contributed by atoms with van der Waals surface area (Å²) in [5, 5.41) is 19.8. The zero-order chi connectivity index (χ0) is 20.3. The average molecular weight is 393 g/mol. The van der Waals surface area contributed by atoms with Gasteiger partial charge in [-0.15, -0.1) is 0 Å². The molecule has 2 aliphatic carbocycles. The van der Waals surface area contributed by atoms with Gasteiger partial charge in [0.1, 0.15) is 11.5 Å². The second-order valence-electron chi connectivity index (χ2n) is 9.65. The van der Waals surface area contributed by atoms with Crippen molar-refractivity contribution in [2.24, 2.45) is 17.3 Å². The Morgan fingerprint density at radius 2 is 0.966 bits per heavy atom. The average Bonchev–Trinajstić information content (AvgIpc) is 2.77. The van der Waals surface area contributed by atoms with E-state index in [2.05, 4.69) is 31.2 Å². The van der Waals surface area contributed by atoms with Crippen molar-refractivity contribution in [3.8, 4) is 11.5 Å². The molecule has 4 rings (SSSR count). The maximum Gasteiger partial charge on any atom is 0.115 e. The largest absolute Gasteiger partial charge is 0.508 e. The Bertz CT molecular complexity index is 702. The van der Waals surface area contributed by atoms with Gasteiger partial charge in [-0.1, -0.05) is 69.7 Å². The van der Waals surface area contributed by atoms with Gasteiger partial charge in [0.05, 0.1) is 0 Å². The molecule has 0 heterocycles. The summed E-state index contributed by atoms with van der Waals surface area (Å²) in [6, 6.07) is 15.8. The number of phenolic OH excluding ortho intramolecular Hbond substituents is 2. The van der Waals surface area contributed by atoms with E-state index in [4.69, 9.17) is 0 Å². The molecule has 0 bridgehead atoms. The fourth-order valence-electron chi connectivity index (χ4n) is 6.50. The Balaban J connectivity index is 1.84. The lowest BCUT2D eigenvalue weighted by atomic mass is 9.52. The summed E-state index contributed by atoms with van der Waals surface area (Å²) >= 11 is 0. The quantitative estimate of drug-likeness (QED) is 0.556. The van der Waals surface area contributed by atoms with E-state index in [0.29, 0.717) is 11.5 Å². The van der Waals surface area contributed by atoms with Crippen molar-refractivity contribution in [1.29, 1.82) is 0 Å². The van der Waals surface area contributed by atoms with Gasteiger partial charge < -0.3 is 10.2 Å². The molecule has 2 heteroatoms. The van der Waals surface area contributed by atoms with E-state index in [9.17, 15) is 10.2 Å². The predicted octanol–water partition coefficient (Wildman–Crippen LogP) is 7.40. The summed E-state index contributed by atoms with van der Waals surface area (Å²) in [6.45, 7) is 2.57. The molecule has 0 spiro atoms. The molecule has 0 amide bonds. The maximum absolute atomic E-state index is 9.91. The molecule has 2 aromatic carbocycles. The van der Waals surface area contributed by atoms with Crippen LogP contribution in [-0.2, 0) is 0 Å². The molecule has 156 valence electrons. The molecule has 0 saturated heterocycles. The highest BCUT2D eigenvalue weighted by Gasteiger charge is 2.48. The van der Waals surface area contributed by atoms with Gasteiger partial charge in [-0.25, -0.2) is 0 Å². The summed E-state index contributed by atoms with van der Waals surface area (Å²) in [7, 11) is 0. The third-order valence-electron chi connectivity index (χ3n) is 8.04. The molecule has 2 saturated carbocycles. The van der Waals surface area contributed by atoms with Gasteiger partial charge in [-0.05, 0) is 78.3 Å². The standard InChI is InChI=1S/C27H36O2/c1-27(22-8-4-2-5-9-22,23-10-6-3-7-11-23)26(20-12-16-24(28)17-13-20)21-14-18-25(29)19-15-21/h12-19,22-23,26,28-29H,2-11H2,1H3. The van der Waals surface area contributed by atoms with E-state index < -0.39 is 0 Å². The normalized spacial score (nSPS) is 19.5. The smallest absolute Gasteiger partial charge is 0.115 e. The maximum atomic E-state index is 9.91. The summed E-state index contributed by atoms with van der Waals surface area (Å²) in [5.41, 5.74) is 2.79. The van der Waals surface area contributed by atoms with Crippen molar-refractivity contribution >= 4 is 0 Å². The van der Waals surface area contributed by atoms with Crippen LogP contribution in [0.1, 0.15) is 88.2 Å². The molecule has 2 nitrogen and oxygen atoms in total. The fraction of sp³-hybridized carbons (Fsp3) is 0.556. The number of rotatable bonds is 5. The lowest BCUT2D eigenvalue weighted by Crippen LogP contribution is -2.43. The number of phenols is 2. The molecule has 2 fully saturated rings. The topological polar surface area (TPSA) is 40.5 Å². The van der Waals surface area contributed by atoms with Gasteiger partial charge in [0, 0.05) is 5.92 Å². The van der Waals surface area contributed by atoms with Crippen molar-refractivity contribution in [1.82, 2.24) is 0 Å². The van der Waals surface area contributed by atoms with Crippen LogP contribution in [0, 0.1) is 17.3 Å². The minimum Gasteiger partial charge on any atom is -0.508 e. The molecule has 2 aliphatic rings. The van der Waals surface area contributed by atoms with Gasteiger partial charge in [-0.3, -0.25) is 0 Å². The second kappa shape index (κ2) is 8.81. The monoisotopic (exact) mass is 392 g/mol. The lowest BCUT2D eigenvalue weighted by Gasteiger charge is -2.52. The first-order chi connectivity index (χ1) is 14.1. The summed E-state index contributed by atoms with van der Waals surface area (Å²) in [6.07, 6.45) is 13.5. The van der Waals surface area contributed by atoms with Crippen LogP contribution in [0.5, 0.6) is 11.5 Å². The molecule has 0 atom stereocenters. The number of aromatic hydroxyl groups is 2. The first-order valence-corrected chi connectivity index (χ1v) is 11.7. The van der Waals surface area contributed by atoms with Gasteiger partial charge in [0.15, 0.2) is 0 Å². The molecule has 0 aromatic heterocycles. The van der Waals surface area contributed by atoms with Crippen LogP contribution in [0.25, 0.3) is 0 Å². The van der Waals surface area contributed by atoms with E-state index in [1.165, 1.54) is 75.3 Å². The van der Waals surface area contributed by atoms with Crippen LogP contribution >= 0.6 is 0 Å². The van der Waals surface area contributed by atoms with E-state index in [-0.39, 0.29) is 11.3 Å². The van der Waals surface area contributed by atoms with Crippen molar-refractivity contribution in [3.05, 3.63) is 59.7 Å². The van der Waals surface area contributed by atoms with Crippen LogP contribution in [-0.4, -0.2) is 10.2 Å². The molecule has 2 aromatic rings.